The van der Waals surface area contributed by atoms with Gasteiger partial charge in [0.1, 0.15) is 5.82 Å². The van der Waals surface area contributed by atoms with Crippen molar-refractivity contribution in [2.45, 2.75) is 25.1 Å². The van der Waals surface area contributed by atoms with Crippen LogP contribution in [0.3, 0.4) is 0 Å². The molecule has 0 saturated carbocycles. The standard InChI is InChI=1S/C18H29FN4O2S2.HI/c1-20-18(21-11-14-6-8-23(9-7-14)27(3,24)25)22-12-15-4-5-17(19)10-16(15)13-26-2;/h4-5,10,14H,6-9,11-13H2,1-3H3,(H2,20,21,22);1H. The molecule has 6 nitrogen and oxygen atoms in total. The van der Waals surface area contributed by atoms with Gasteiger partial charge in [-0.3, -0.25) is 4.99 Å². The summed E-state index contributed by atoms with van der Waals surface area (Å²) in [5.74, 6) is 1.66. The zero-order chi connectivity index (χ0) is 19.9. The van der Waals surface area contributed by atoms with Crippen LogP contribution in [0.15, 0.2) is 23.2 Å². The Balaban J connectivity index is 0.00000392. The zero-order valence-electron chi connectivity index (χ0n) is 16.6. The van der Waals surface area contributed by atoms with Crippen molar-refractivity contribution in [2.24, 2.45) is 10.9 Å². The minimum atomic E-state index is -3.09. The van der Waals surface area contributed by atoms with E-state index in [0.29, 0.717) is 31.5 Å². The Morgan fingerprint density at radius 1 is 1.29 bits per heavy atom. The van der Waals surface area contributed by atoms with Gasteiger partial charge >= 0.3 is 0 Å². The average Bonchev–Trinajstić information content (AvgIpc) is 2.63. The number of halogens is 2. The molecule has 2 N–H and O–H groups in total. The van der Waals surface area contributed by atoms with Crippen LogP contribution in [-0.4, -0.2) is 57.9 Å². The van der Waals surface area contributed by atoms with Crippen LogP contribution in [0.2, 0.25) is 0 Å². The first kappa shape index (κ1) is 25.4. The second-order valence-electron chi connectivity index (χ2n) is 6.76. The summed E-state index contributed by atoms with van der Waals surface area (Å²) in [6, 6.07) is 4.87. The Morgan fingerprint density at radius 3 is 2.54 bits per heavy atom. The highest BCUT2D eigenvalue weighted by atomic mass is 127. The van der Waals surface area contributed by atoms with Crippen molar-refractivity contribution in [3.8, 4) is 0 Å². The third-order valence-corrected chi connectivity index (χ3v) is 6.64. The van der Waals surface area contributed by atoms with Crippen molar-refractivity contribution < 1.29 is 12.8 Å². The fraction of sp³-hybridized carbons (Fsp3) is 0.611. The molecular formula is C18H30FIN4O2S2. The molecule has 160 valence electrons. The van der Waals surface area contributed by atoms with Crippen molar-refractivity contribution in [1.82, 2.24) is 14.9 Å². The molecule has 0 aliphatic carbocycles. The van der Waals surface area contributed by atoms with Gasteiger partial charge < -0.3 is 10.6 Å². The highest BCUT2D eigenvalue weighted by molar-refractivity contribution is 14.0. The maximum absolute atomic E-state index is 13.5. The topological polar surface area (TPSA) is 73.8 Å². The molecule has 0 aromatic heterocycles. The van der Waals surface area contributed by atoms with Gasteiger partial charge in [0.05, 0.1) is 6.26 Å². The molecule has 0 radical (unpaired) electrons. The Morgan fingerprint density at radius 2 is 1.96 bits per heavy atom. The second kappa shape index (κ2) is 12.2. The molecule has 0 unspecified atom stereocenters. The van der Waals surface area contributed by atoms with Crippen molar-refractivity contribution >= 4 is 51.7 Å². The van der Waals surface area contributed by atoms with Gasteiger partial charge in [0.15, 0.2) is 5.96 Å². The summed E-state index contributed by atoms with van der Waals surface area (Å²) in [7, 11) is -1.37. The highest BCUT2D eigenvalue weighted by Gasteiger charge is 2.24. The smallest absolute Gasteiger partial charge is 0.211 e. The second-order valence-corrected chi connectivity index (χ2v) is 9.61. The molecule has 1 aliphatic heterocycles. The molecule has 2 rings (SSSR count). The van der Waals surface area contributed by atoms with Crippen molar-refractivity contribution in [1.29, 1.82) is 0 Å². The normalized spacial score (nSPS) is 16.5. The number of nitrogens with one attached hydrogen (secondary N) is 2. The Labute approximate surface area is 189 Å². The maximum Gasteiger partial charge on any atom is 0.211 e. The first-order chi connectivity index (χ1) is 12.8. The van der Waals surface area contributed by atoms with Gasteiger partial charge in [-0.05, 0) is 48.3 Å². The fourth-order valence-electron chi connectivity index (χ4n) is 3.14. The number of piperidine rings is 1. The summed E-state index contributed by atoms with van der Waals surface area (Å²) in [6.07, 6.45) is 4.94. The molecule has 1 fully saturated rings. The quantitative estimate of drug-likeness (QED) is 0.314. The molecule has 1 aromatic rings. The minimum absolute atomic E-state index is 0. The van der Waals surface area contributed by atoms with Crippen LogP contribution in [0, 0.1) is 11.7 Å². The third-order valence-electron chi connectivity index (χ3n) is 4.74. The molecule has 0 atom stereocenters. The summed E-state index contributed by atoms with van der Waals surface area (Å²) in [4.78, 5) is 4.24. The van der Waals surface area contributed by atoms with Crippen LogP contribution in [0.5, 0.6) is 0 Å². The Kier molecular flexibility index (Phi) is 11.1. The number of sulfonamides is 1. The number of thioether (sulfide) groups is 1. The molecule has 0 spiro atoms. The number of hydrogen-bond donors (Lipinski definition) is 2. The van der Waals surface area contributed by atoms with E-state index < -0.39 is 10.0 Å². The summed E-state index contributed by atoms with van der Waals surface area (Å²) >= 11 is 1.66. The van der Waals surface area contributed by atoms with Gasteiger partial charge in [0.2, 0.25) is 10.0 Å². The van der Waals surface area contributed by atoms with E-state index in [1.54, 1.807) is 29.2 Å². The van der Waals surface area contributed by atoms with Gasteiger partial charge in [0, 0.05) is 39.0 Å². The van der Waals surface area contributed by atoms with E-state index in [4.69, 9.17) is 0 Å². The molecule has 28 heavy (non-hydrogen) atoms. The number of guanidine groups is 1. The van der Waals surface area contributed by atoms with Gasteiger partial charge in [-0.25, -0.2) is 17.1 Å². The summed E-state index contributed by atoms with van der Waals surface area (Å²) in [5.41, 5.74) is 2.04. The lowest BCUT2D eigenvalue weighted by atomic mass is 9.98. The van der Waals surface area contributed by atoms with Crippen molar-refractivity contribution in [3.63, 3.8) is 0 Å². The third kappa shape index (κ3) is 8.03. The number of nitrogens with zero attached hydrogens (tertiary/aromatic N) is 2. The molecule has 0 amide bonds. The lowest BCUT2D eigenvalue weighted by molar-refractivity contribution is 0.275. The van der Waals surface area contributed by atoms with Crippen molar-refractivity contribution in [3.05, 3.63) is 35.1 Å². The average molecular weight is 545 g/mol. The fourth-order valence-corrected chi connectivity index (χ4v) is 4.60. The molecule has 10 heteroatoms. The molecule has 1 aromatic carbocycles. The number of benzene rings is 1. The molecule has 1 saturated heterocycles. The monoisotopic (exact) mass is 544 g/mol. The SMILES string of the molecule is CN=C(NCc1ccc(F)cc1CSC)NCC1CCN(S(C)(=O)=O)CC1.I. The number of rotatable bonds is 7. The lowest BCUT2D eigenvalue weighted by Crippen LogP contribution is -2.43. The Bertz CT molecular complexity index is 754. The first-order valence-corrected chi connectivity index (χ1v) is 12.2. The van der Waals surface area contributed by atoms with E-state index in [1.807, 2.05) is 12.3 Å². The first-order valence-electron chi connectivity index (χ1n) is 8.99. The van der Waals surface area contributed by atoms with Gasteiger partial charge in [0.25, 0.3) is 0 Å². The minimum Gasteiger partial charge on any atom is -0.356 e. The largest absolute Gasteiger partial charge is 0.356 e. The lowest BCUT2D eigenvalue weighted by Gasteiger charge is -2.30. The summed E-state index contributed by atoms with van der Waals surface area (Å²) < 4.78 is 38.1. The van der Waals surface area contributed by atoms with E-state index in [9.17, 15) is 12.8 Å². The van der Waals surface area contributed by atoms with E-state index in [0.717, 1.165) is 36.3 Å². The van der Waals surface area contributed by atoms with Crippen LogP contribution in [0.4, 0.5) is 4.39 Å². The van der Waals surface area contributed by atoms with E-state index in [2.05, 4.69) is 15.6 Å². The number of aliphatic imine (C=N–C) groups is 1. The predicted octanol–water partition coefficient (Wildman–Crippen LogP) is 2.64. The molecule has 1 aliphatic rings. The zero-order valence-corrected chi connectivity index (χ0v) is 20.5. The van der Waals surface area contributed by atoms with Crippen LogP contribution in [-0.2, 0) is 22.3 Å². The summed E-state index contributed by atoms with van der Waals surface area (Å²) in [6.45, 7) is 2.47. The number of hydrogen-bond acceptors (Lipinski definition) is 4. The van der Waals surface area contributed by atoms with E-state index >= 15 is 0 Å². The van der Waals surface area contributed by atoms with Crippen molar-refractivity contribution in [2.75, 3.05) is 39.2 Å². The maximum atomic E-state index is 13.5. The molecule has 1 heterocycles. The van der Waals surface area contributed by atoms with E-state index in [1.165, 1.54) is 12.3 Å². The van der Waals surface area contributed by atoms with Gasteiger partial charge in [-0.1, -0.05) is 6.07 Å². The highest BCUT2D eigenvalue weighted by Crippen LogP contribution is 2.19. The molecule has 0 bridgehead atoms. The van der Waals surface area contributed by atoms with E-state index in [-0.39, 0.29) is 29.8 Å². The van der Waals surface area contributed by atoms with Gasteiger partial charge in [-0.15, -0.1) is 24.0 Å². The Hall–Kier alpha value is -0.590. The van der Waals surface area contributed by atoms with Crippen LogP contribution < -0.4 is 10.6 Å². The van der Waals surface area contributed by atoms with Crippen LogP contribution in [0.25, 0.3) is 0 Å². The predicted molar refractivity (Wildman–Crippen MR) is 126 cm³/mol. The van der Waals surface area contributed by atoms with Gasteiger partial charge in [-0.2, -0.15) is 11.8 Å². The van der Waals surface area contributed by atoms with Crippen LogP contribution in [0.1, 0.15) is 24.0 Å². The molecular weight excluding hydrogens is 514 g/mol. The summed E-state index contributed by atoms with van der Waals surface area (Å²) in [5, 5.41) is 6.59. The van der Waals surface area contributed by atoms with Crippen LogP contribution >= 0.6 is 35.7 Å².